The molecule has 0 aromatic heterocycles. The lowest BCUT2D eigenvalue weighted by atomic mass is 10.1. The normalized spacial score (nSPS) is 28.8. The predicted molar refractivity (Wildman–Crippen MR) is 39.9 cm³/mol. The van der Waals surface area contributed by atoms with E-state index in [1.54, 1.807) is 0 Å². The summed E-state index contributed by atoms with van der Waals surface area (Å²) >= 11 is 0. The molecule has 1 fully saturated rings. The summed E-state index contributed by atoms with van der Waals surface area (Å²) in [6.07, 6.45) is 4.57. The van der Waals surface area contributed by atoms with Crippen LogP contribution in [0.15, 0.2) is 0 Å². The Morgan fingerprint density at radius 3 is 3.00 bits per heavy atom. The Morgan fingerprint density at radius 1 is 1.70 bits per heavy atom. The highest BCUT2D eigenvalue weighted by atomic mass is 16.5. The van der Waals surface area contributed by atoms with Crippen molar-refractivity contribution < 1.29 is 9.84 Å². The molecule has 1 saturated heterocycles. The van der Waals surface area contributed by atoms with Gasteiger partial charge in [0.15, 0.2) is 0 Å². The molecule has 0 amide bonds. The Balaban J connectivity index is 2.01. The van der Waals surface area contributed by atoms with Crippen LogP contribution in [0.25, 0.3) is 0 Å². The fraction of sp³-hybridized carbons (Fsp3) is 1.00. The SMILES string of the molecule is C[C@H](O)CCC1CCCO1. The average Bonchev–Trinajstić information content (AvgIpc) is 2.34. The molecule has 1 aliphatic heterocycles. The molecule has 2 nitrogen and oxygen atoms in total. The van der Waals surface area contributed by atoms with E-state index in [-0.39, 0.29) is 6.10 Å². The van der Waals surface area contributed by atoms with Crippen molar-refractivity contribution in [2.24, 2.45) is 0 Å². The molecule has 1 rings (SSSR count). The van der Waals surface area contributed by atoms with Gasteiger partial charge in [-0.25, -0.2) is 0 Å². The predicted octanol–water partition coefficient (Wildman–Crippen LogP) is 1.33. The smallest absolute Gasteiger partial charge is 0.0577 e. The molecule has 0 aromatic rings. The highest BCUT2D eigenvalue weighted by Gasteiger charge is 2.15. The van der Waals surface area contributed by atoms with Crippen molar-refractivity contribution in [2.75, 3.05) is 6.61 Å². The van der Waals surface area contributed by atoms with Crippen LogP contribution in [0, 0.1) is 0 Å². The van der Waals surface area contributed by atoms with Gasteiger partial charge in [0.25, 0.3) is 0 Å². The van der Waals surface area contributed by atoms with Gasteiger partial charge < -0.3 is 9.84 Å². The van der Waals surface area contributed by atoms with Crippen molar-refractivity contribution in [3.8, 4) is 0 Å². The Labute approximate surface area is 62.2 Å². The highest BCUT2D eigenvalue weighted by Crippen LogP contribution is 2.17. The Kier molecular flexibility index (Phi) is 3.16. The number of aliphatic hydroxyl groups excluding tert-OH is 1. The van der Waals surface area contributed by atoms with Gasteiger partial charge >= 0.3 is 0 Å². The number of ether oxygens (including phenoxy) is 1. The summed E-state index contributed by atoms with van der Waals surface area (Å²) in [5.41, 5.74) is 0. The Hall–Kier alpha value is -0.0800. The standard InChI is InChI=1S/C8H16O2/c1-7(9)4-5-8-3-2-6-10-8/h7-9H,2-6H2,1H3/t7-,8?/m0/s1. The van der Waals surface area contributed by atoms with Crippen molar-refractivity contribution in [3.05, 3.63) is 0 Å². The fourth-order valence-electron chi connectivity index (χ4n) is 1.30. The van der Waals surface area contributed by atoms with Crippen LogP contribution in [0.2, 0.25) is 0 Å². The van der Waals surface area contributed by atoms with Crippen LogP contribution in [0.3, 0.4) is 0 Å². The number of rotatable bonds is 3. The van der Waals surface area contributed by atoms with Crippen molar-refractivity contribution in [1.82, 2.24) is 0 Å². The molecule has 1 unspecified atom stereocenters. The van der Waals surface area contributed by atoms with Gasteiger partial charge in [0.1, 0.15) is 0 Å². The lowest BCUT2D eigenvalue weighted by Gasteiger charge is -2.09. The number of hydrogen-bond acceptors (Lipinski definition) is 2. The first-order valence-electron chi connectivity index (χ1n) is 4.08. The molecule has 1 aliphatic rings. The molecule has 0 bridgehead atoms. The monoisotopic (exact) mass is 144 g/mol. The summed E-state index contributed by atoms with van der Waals surface area (Å²) < 4.78 is 5.39. The van der Waals surface area contributed by atoms with Crippen LogP contribution >= 0.6 is 0 Å². The number of aliphatic hydroxyl groups is 1. The zero-order chi connectivity index (χ0) is 7.40. The maximum atomic E-state index is 8.96. The first-order chi connectivity index (χ1) is 4.79. The van der Waals surface area contributed by atoms with Gasteiger partial charge in [0, 0.05) is 6.61 Å². The van der Waals surface area contributed by atoms with E-state index in [4.69, 9.17) is 9.84 Å². The maximum Gasteiger partial charge on any atom is 0.0577 e. The van der Waals surface area contributed by atoms with Gasteiger partial charge in [-0.05, 0) is 32.6 Å². The third kappa shape index (κ3) is 2.67. The highest BCUT2D eigenvalue weighted by molar-refractivity contribution is 4.65. The second-order valence-corrected chi connectivity index (χ2v) is 3.06. The molecule has 0 spiro atoms. The van der Waals surface area contributed by atoms with E-state index in [0.717, 1.165) is 19.4 Å². The Bertz CT molecular complexity index is 85.3. The first-order valence-corrected chi connectivity index (χ1v) is 4.08. The third-order valence-electron chi connectivity index (χ3n) is 1.93. The molecule has 0 saturated carbocycles. The summed E-state index contributed by atoms with van der Waals surface area (Å²) in [5.74, 6) is 0. The molecule has 1 heterocycles. The molecule has 2 atom stereocenters. The summed E-state index contributed by atoms with van der Waals surface area (Å²) in [5, 5.41) is 8.96. The van der Waals surface area contributed by atoms with Crippen LogP contribution in [0.4, 0.5) is 0 Å². The number of hydrogen-bond donors (Lipinski definition) is 1. The minimum atomic E-state index is -0.163. The zero-order valence-electron chi connectivity index (χ0n) is 6.55. The molecule has 60 valence electrons. The van der Waals surface area contributed by atoms with Gasteiger partial charge in [-0.1, -0.05) is 0 Å². The lowest BCUT2D eigenvalue weighted by Crippen LogP contribution is -2.09. The van der Waals surface area contributed by atoms with E-state index in [1.165, 1.54) is 12.8 Å². The van der Waals surface area contributed by atoms with E-state index in [2.05, 4.69) is 0 Å². The van der Waals surface area contributed by atoms with Crippen molar-refractivity contribution in [3.63, 3.8) is 0 Å². The van der Waals surface area contributed by atoms with E-state index >= 15 is 0 Å². The van der Waals surface area contributed by atoms with E-state index < -0.39 is 0 Å². The minimum absolute atomic E-state index is 0.163. The summed E-state index contributed by atoms with van der Waals surface area (Å²) in [4.78, 5) is 0. The van der Waals surface area contributed by atoms with Crippen LogP contribution < -0.4 is 0 Å². The largest absolute Gasteiger partial charge is 0.393 e. The molecule has 1 N–H and O–H groups in total. The summed E-state index contributed by atoms with van der Waals surface area (Å²) in [7, 11) is 0. The molecular formula is C8H16O2. The van der Waals surface area contributed by atoms with Gasteiger partial charge in [0.05, 0.1) is 12.2 Å². The second-order valence-electron chi connectivity index (χ2n) is 3.06. The first kappa shape index (κ1) is 8.02. The molecule has 2 heteroatoms. The average molecular weight is 144 g/mol. The zero-order valence-corrected chi connectivity index (χ0v) is 6.55. The Morgan fingerprint density at radius 2 is 2.50 bits per heavy atom. The molecule has 10 heavy (non-hydrogen) atoms. The van der Waals surface area contributed by atoms with Gasteiger partial charge in [0.2, 0.25) is 0 Å². The third-order valence-corrected chi connectivity index (χ3v) is 1.93. The quantitative estimate of drug-likeness (QED) is 0.647. The van der Waals surface area contributed by atoms with Crippen LogP contribution in [0.5, 0.6) is 0 Å². The van der Waals surface area contributed by atoms with E-state index in [0.29, 0.717) is 6.10 Å². The van der Waals surface area contributed by atoms with Crippen LogP contribution in [-0.2, 0) is 4.74 Å². The van der Waals surface area contributed by atoms with E-state index in [1.807, 2.05) is 6.92 Å². The van der Waals surface area contributed by atoms with E-state index in [9.17, 15) is 0 Å². The molecule has 0 aromatic carbocycles. The van der Waals surface area contributed by atoms with Crippen LogP contribution in [0.1, 0.15) is 32.6 Å². The maximum absolute atomic E-state index is 8.96. The van der Waals surface area contributed by atoms with Crippen molar-refractivity contribution in [1.29, 1.82) is 0 Å². The summed E-state index contributed by atoms with van der Waals surface area (Å²) in [6.45, 7) is 2.75. The fourth-order valence-corrected chi connectivity index (χ4v) is 1.30. The van der Waals surface area contributed by atoms with Crippen molar-refractivity contribution >= 4 is 0 Å². The van der Waals surface area contributed by atoms with Gasteiger partial charge in [-0.15, -0.1) is 0 Å². The van der Waals surface area contributed by atoms with Gasteiger partial charge in [-0.3, -0.25) is 0 Å². The minimum Gasteiger partial charge on any atom is -0.393 e. The van der Waals surface area contributed by atoms with Crippen LogP contribution in [-0.4, -0.2) is 23.9 Å². The van der Waals surface area contributed by atoms with Crippen molar-refractivity contribution in [2.45, 2.75) is 44.8 Å². The van der Waals surface area contributed by atoms with Gasteiger partial charge in [-0.2, -0.15) is 0 Å². The molecule has 0 aliphatic carbocycles. The molecule has 0 radical (unpaired) electrons. The summed E-state index contributed by atoms with van der Waals surface area (Å²) in [6, 6.07) is 0. The topological polar surface area (TPSA) is 29.5 Å². The molecular weight excluding hydrogens is 128 g/mol. The second kappa shape index (κ2) is 3.94. The lowest BCUT2D eigenvalue weighted by molar-refractivity contribution is 0.0852.